The van der Waals surface area contributed by atoms with Gasteiger partial charge in [-0.05, 0) is 6.42 Å². The summed E-state index contributed by atoms with van der Waals surface area (Å²) in [4.78, 5) is 29.2. The fourth-order valence-corrected chi connectivity index (χ4v) is 4.16. The van der Waals surface area contributed by atoms with Crippen molar-refractivity contribution in [2.45, 2.75) is 19.1 Å². The van der Waals surface area contributed by atoms with E-state index in [9.17, 15) is 10.1 Å². The van der Waals surface area contributed by atoms with Crippen molar-refractivity contribution in [3.8, 4) is 11.8 Å². The van der Waals surface area contributed by atoms with Crippen LogP contribution in [0.15, 0.2) is 31.1 Å². The van der Waals surface area contributed by atoms with Gasteiger partial charge in [-0.1, -0.05) is 0 Å². The number of rotatable bonds is 2. The maximum Gasteiger partial charge on any atom is 0.229 e. The zero-order valence-electron chi connectivity index (χ0n) is 16.6. The van der Waals surface area contributed by atoms with Crippen LogP contribution in [-0.2, 0) is 11.3 Å². The third-order valence-corrected chi connectivity index (χ3v) is 5.71. The molecule has 0 aromatic carbocycles. The topological polar surface area (TPSA) is 113 Å². The van der Waals surface area contributed by atoms with Crippen LogP contribution in [0.25, 0.3) is 5.65 Å². The first-order valence-electron chi connectivity index (χ1n) is 9.97. The van der Waals surface area contributed by atoms with Gasteiger partial charge in [0.05, 0.1) is 25.6 Å². The van der Waals surface area contributed by atoms with E-state index in [4.69, 9.17) is 4.74 Å². The number of pyridine rings is 1. The molecule has 11 heteroatoms. The first-order chi connectivity index (χ1) is 15.2. The molecule has 1 amide bonds. The average Bonchev–Trinajstić information content (AvgIpc) is 3.17. The molecule has 0 spiro atoms. The number of fused-ring (bicyclic) bond motifs is 2. The molecule has 5 rings (SSSR count). The highest BCUT2D eigenvalue weighted by Gasteiger charge is 2.38. The van der Waals surface area contributed by atoms with Crippen LogP contribution in [0.5, 0.6) is 5.75 Å². The van der Waals surface area contributed by atoms with Crippen LogP contribution < -0.4 is 9.64 Å². The van der Waals surface area contributed by atoms with Crippen molar-refractivity contribution in [2.75, 3.05) is 31.1 Å². The first-order valence-corrected chi connectivity index (χ1v) is 9.97. The van der Waals surface area contributed by atoms with Gasteiger partial charge >= 0.3 is 0 Å². The van der Waals surface area contributed by atoms with Crippen LogP contribution in [0.4, 0.5) is 10.2 Å². The Morgan fingerprint density at radius 3 is 3.03 bits per heavy atom. The van der Waals surface area contributed by atoms with Gasteiger partial charge in [0.2, 0.25) is 5.91 Å². The van der Waals surface area contributed by atoms with Crippen molar-refractivity contribution >= 4 is 17.4 Å². The van der Waals surface area contributed by atoms with Crippen molar-refractivity contribution in [2.24, 2.45) is 5.92 Å². The van der Waals surface area contributed by atoms with Crippen molar-refractivity contribution in [1.82, 2.24) is 29.5 Å². The van der Waals surface area contributed by atoms with Crippen molar-refractivity contribution in [1.29, 1.82) is 5.26 Å². The largest absolute Gasteiger partial charge is 0.490 e. The SMILES string of the molecule is N#Cc1cncc2c1OCCN(C(=O)C1CCN(c3nccn4ncnc34)C[C@@H]1F)C2. The molecular formula is C20H19FN8O2. The van der Waals surface area contributed by atoms with Gasteiger partial charge in [-0.3, -0.25) is 9.78 Å². The molecule has 0 saturated carbocycles. The molecule has 10 nitrogen and oxygen atoms in total. The molecule has 1 saturated heterocycles. The highest BCUT2D eigenvalue weighted by molar-refractivity contribution is 5.80. The molecule has 1 fully saturated rings. The lowest BCUT2D eigenvalue weighted by Gasteiger charge is -2.36. The van der Waals surface area contributed by atoms with Crippen molar-refractivity contribution in [3.05, 3.63) is 42.2 Å². The predicted octanol–water partition coefficient (Wildman–Crippen LogP) is 0.977. The summed E-state index contributed by atoms with van der Waals surface area (Å²) >= 11 is 0. The molecule has 5 heterocycles. The van der Waals surface area contributed by atoms with Gasteiger partial charge in [-0.15, -0.1) is 0 Å². The van der Waals surface area contributed by atoms with Gasteiger partial charge < -0.3 is 14.5 Å². The van der Waals surface area contributed by atoms with Gasteiger partial charge in [-0.25, -0.2) is 18.9 Å². The van der Waals surface area contributed by atoms with Gasteiger partial charge in [0.15, 0.2) is 11.5 Å². The number of ether oxygens (including phenoxy) is 1. The lowest BCUT2D eigenvalue weighted by Crippen LogP contribution is -2.49. The number of nitrogens with zero attached hydrogens (tertiary/aromatic N) is 8. The van der Waals surface area contributed by atoms with Crippen LogP contribution in [0.3, 0.4) is 0 Å². The number of alkyl halides is 1. The summed E-state index contributed by atoms with van der Waals surface area (Å²) in [5.74, 6) is 0.00904. The van der Waals surface area contributed by atoms with Gasteiger partial charge in [0.1, 0.15) is 36.5 Å². The Balaban J connectivity index is 1.32. The van der Waals surface area contributed by atoms with Crippen LogP contribution in [0, 0.1) is 17.2 Å². The number of hydrogen-bond donors (Lipinski definition) is 0. The number of nitriles is 1. The summed E-state index contributed by atoms with van der Waals surface area (Å²) < 4.78 is 22.5. The molecule has 2 aliphatic rings. The summed E-state index contributed by atoms with van der Waals surface area (Å²) in [6, 6.07) is 2.05. The molecule has 2 atom stereocenters. The number of halogens is 1. The quantitative estimate of drug-likeness (QED) is 0.601. The monoisotopic (exact) mass is 422 g/mol. The summed E-state index contributed by atoms with van der Waals surface area (Å²) in [6.45, 7) is 1.34. The van der Waals surface area contributed by atoms with E-state index >= 15 is 4.39 Å². The highest BCUT2D eigenvalue weighted by Crippen LogP contribution is 2.30. The molecule has 0 N–H and O–H groups in total. The van der Waals surface area contributed by atoms with E-state index in [0.717, 1.165) is 0 Å². The Morgan fingerprint density at radius 1 is 1.29 bits per heavy atom. The van der Waals surface area contributed by atoms with Crippen LogP contribution in [0.2, 0.25) is 0 Å². The molecule has 2 aliphatic heterocycles. The van der Waals surface area contributed by atoms with E-state index < -0.39 is 12.1 Å². The van der Waals surface area contributed by atoms with E-state index in [-0.39, 0.29) is 25.6 Å². The fraction of sp³-hybridized carbons (Fsp3) is 0.400. The molecule has 31 heavy (non-hydrogen) atoms. The fourth-order valence-electron chi connectivity index (χ4n) is 4.16. The van der Waals surface area contributed by atoms with E-state index in [1.807, 2.05) is 4.90 Å². The second kappa shape index (κ2) is 7.79. The van der Waals surface area contributed by atoms with E-state index in [2.05, 4.69) is 26.1 Å². The van der Waals surface area contributed by atoms with E-state index in [1.54, 1.807) is 28.0 Å². The van der Waals surface area contributed by atoms with Crippen molar-refractivity contribution < 1.29 is 13.9 Å². The van der Waals surface area contributed by atoms with Crippen LogP contribution in [-0.4, -0.2) is 67.8 Å². The summed E-state index contributed by atoms with van der Waals surface area (Å²) in [5, 5.41) is 13.3. The number of carbonyl (C=O) groups excluding carboxylic acids is 1. The number of aromatic nitrogens is 5. The lowest BCUT2D eigenvalue weighted by molar-refractivity contribution is -0.139. The van der Waals surface area contributed by atoms with E-state index in [0.29, 0.717) is 47.9 Å². The summed E-state index contributed by atoms with van der Waals surface area (Å²) in [5.41, 5.74) is 1.54. The molecular weight excluding hydrogens is 403 g/mol. The van der Waals surface area contributed by atoms with Gasteiger partial charge in [0, 0.05) is 36.9 Å². The minimum atomic E-state index is -1.35. The zero-order valence-corrected chi connectivity index (χ0v) is 16.6. The minimum Gasteiger partial charge on any atom is -0.490 e. The zero-order chi connectivity index (χ0) is 21.4. The van der Waals surface area contributed by atoms with Crippen LogP contribution >= 0.6 is 0 Å². The van der Waals surface area contributed by atoms with Gasteiger partial charge in [-0.2, -0.15) is 10.4 Å². The second-order valence-electron chi connectivity index (χ2n) is 7.53. The molecule has 3 aromatic rings. The third-order valence-electron chi connectivity index (χ3n) is 5.71. The number of hydrogen-bond acceptors (Lipinski definition) is 8. The number of amides is 1. The molecule has 3 aromatic heterocycles. The summed E-state index contributed by atoms with van der Waals surface area (Å²) in [7, 11) is 0. The normalized spacial score (nSPS) is 21.2. The van der Waals surface area contributed by atoms with E-state index in [1.165, 1.54) is 12.5 Å². The van der Waals surface area contributed by atoms with Crippen LogP contribution in [0.1, 0.15) is 17.5 Å². The van der Waals surface area contributed by atoms with Crippen molar-refractivity contribution in [3.63, 3.8) is 0 Å². The second-order valence-corrected chi connectivity index (χ2v) is 7.53. The maximum atomic E-state index is 15.2. The Labute approximate surface area is 176 Å². The first kappa shape index (κ1) is 19.2. The number of piperidine rings is 1. The Kier molecular flexibility index (Phi) is 4.82. The smallest absolute Gasteiger partial charge is 0.229 e. The number of anilines is 1. The van der Waals surface area contributed by atoms with Gasteiger partial charge in [0.25, 0.3) is 0 Å². The maximum absolute atomic E-state index is 15.2. The Hall–Kier alpha value is -3.81. The third kappa shape index (κ3) is 3.39. The predicted molar refractivity (Wildman–Crippen MR) is 106 cm³/mol. The Bertz CT molecular complexity index is 1180. The number of carbonyl (C=O) groups is 1. The molecule has 158 valence electrons. The molecule has 0 bridgehead atoms. The minimum absolute atomic E-state index is 0.0526. The Morgan fingerprint density at radius 2 is 2.19 bits per heavy atom. The average molecular weight is 422 g/mol. The molecule has 0 radical (unpaired) electrons. The highest BCUT2D eigenvalue weighted by atomic mass is 19.1. The standard InChI is InChI=1S/C20H19FN8O2/c21-16-11-27(18-19-25-12-26-29(19)4-2-24-18)3-1-15(16)20(30)28-5-6-31-17-13(7-22)8-23-9-14(17)10-28/h2,4,8-9,12,15-16H,1,3,5-6,10-11H2/t15?,16-/m0/s1. The molecule has 0 aliphatic carbocycles. The lowest BCUT2D eigenvalue weighted by atomic mass is 9.93. The molecule has 1 unspecified atom stereocenters. The summed E-state index contributed by atoms with van der Waals surface area (Å²) in [6.07, 6.45) is 6.74.